The van der Waals surface area contributed by atoms with E-state index in [1.54, 1.807) is 26.0 Å². The van der Waals surface area contributed by atoms with E-state index >= 15 is 0 Å². The zero-order valence-electron chi connectivity index (χ0n) is 13.0. The van der Waals surface area contributed by atoms with Crippen molar-refractivity contribution in [2.24, 2.45) is 5.92 Å². The van der Waals surface area contributed by atoms with Crippen molar-refractivity contribution in [2.75, 3.05) is 47.0 Å². The summed E-state index contributed by atoms with van der Waals surface area (Å²) in [6.45, 7) is 3.77. The maximum atomic E-state index is 12.2. The molecular formula is C14H24N2O5. The van der Waals surface area contributed by atoms with Crippen molar-refractivity contribution in [1.29, 1.82) is 0 Å². The molecule has 0 aromatic heterocycles. The number of hydrogen-bond acceptors (Lipinski definition) is 5. The highest BCUT2D eigenvalue weighted by atomic mass is 16.5. The smallest absolute Gasteiger partial charge is 0.307 e. The van der Waals surface area contributed by atoms with Gasteiger partial charge >= 0.3 is 5.97 Å². The number of carbonyl (C=O) groups excluding carboxylic acids is 3. The van der Waals surface area contributed by atoms with Crippen molar-refractivity contribution in [1.82, 2.24) is 9.80 Å². The summed E-state index contributed by atoms with van der Waals surface area (Å²) in [4.78, 5) is 38.5. The van der Waals surface area contributed by atoms with Crippen molar-refractivity contribution in [3.63, 3.8) is 0 Å². The zero-order valence-corrected chi connectivity index (χ0v) is 13.0. The summed E-state index contributed by atoms with van der Waals surface area (Å²) in [7, 11) is 3.22. The second-order valence-corrected chi connectivity index (χ2v) is 5.05. The predicted molar refractivity (Wildman–Crippen MR) is 75.5 cm³/mol. The second kappa shape index (κ2) is 8.61. The van der Waals surface area contributed by atoms with Crippen LogP contribution in [0.1, 0.15) is 19.8 Å². The van der Waals surface area contributed by atoms with Gasteiger partial charge < -0.3 is 19.3 Å². The quantitative estimate of drug-likeness (QED) is 0.585. The molecule has 1 unspecified atom stereocenters. The summed E-state index contributed by atoms with van der Waals surface area (Å²) in [5.74, 6) is -0.778. The lowest BCUT2D eigenvalue weighted by Gasteiger charge is -2.21. The summed E-state index contributed by atoms with van der Waals surface area (Å²) in [5, 5.41) is 0. The number of amides is 2. The Hall–Kier alpha value is -1.63. The van der Waals surface area contributed by atoms with E-state index in [9.17, 15) is 14.4 Å². The van der Waals surface area contributed by atoms with Crippen LogP contribution >= 0.6 is 0 Å². The van der Waals surface area contributed by atoms with Crippen LogP contribution in [0.5, 0.6) is 0 Å². The summed E-state index contributed by atoms with van der Waals surface area (Å²) in [6.07, 6.45) is 0.399. The van der Waals surface area contributed by atoms with Crippen molar-refractivity contribution >= 4 is 17.8 Å². The first-order valence-electron chi connectivity index (χ1n) is 7.16. The van der Waals surface area contributed by atoms with Gasteiger partial charge in [0.25, 0.3) is 0 Å². The molecule has 0 bridgehead atoms. The van der Waals surface area contributed by atoms with E-state index < -0.39 is 0 Å². The fraction of sp³-hybridized carbons (Fsp3) is 0.786. The molecule has 1 atom stereocenters. The Kier molecular flexibility index (Phi) is 7.14. The molecule has 1 rings (SSSR count). The molecule has 0 aromatic rings. The molecule has 7 nitrogen and oxygen atoms in total. The van der Waals surface area contributed by atoms with E-state index in [0.29, 0.717) is 32.8 Å². The lowest BCUT2D eigenvalue weighted by molar-refractivity contribution is -0.144. The molecule has 1 heterocycles. The number of likely N-dealkylation sites (tertiary alicyclic amines) is 1. The lowest BCUT2D eigenvalue weighted by Crippen LogP contribution is -2.36. The SMILES string of the molecule is CCOC(=O)CCN(C)C(=O)C1CC(=O)N(CCOC)C1. The van der Waals surface area contributed by atoms with E-state index in [2.05, 4.69) is 0 Å². The lowest BCUT2D eigenvalue weighted by atomic mass is 10.1. The van der Waals surface area contributed by atoms with Crippen LogP contribution in [0, 0.1) is 5.92 Å². The molecular weight excluding hydrogens is 276 g/mol. The zero-order chi connectivity index (χ0) is 15.8. The van der Waals surface area contributed by atoms with Gasteiger partial charge in [-0.05, 0) is 6.92 Å². The summed E-state index contributed by atoms with van der Waals surface area (Å²) < 4.78 is 9.77. The van der Waals surface area contributed by atoms with Gasteiger partial charge in [-0.15, -0.1) is 0 Å². The Bertz CT molecular complexity index is 386. The minimum atomic E-state index is -0.332. The van der Waals surface area contributed by atoms with E-state index in [0.717, 1.165) is 0 Å². The van der Waals surface area contributed by atoms with Crippen molar-refractivity contribution in [3.05, 3.63) is 0 Å². The Morgan fingerprint density at radius 1 is 1.43 bits per heavy atom. The van der Waals surface area contributed by atoms with Gasteiger partial charge in [-0.3, -0.25) is 14.4 Å². The average Bonchev–Trinajstić information content (AvgIpc) is 2.83. The molecule has 0 spiro atoms. The number of rotatable bonds is 8. The van der Waals surface area contributed by atoms with Crippen LogP contribution in [0.3, 0.4) is 0 Å². The summed E-state index contributed by atoms with van der Waals surface area (Å²) >= 11 is 0. The third-order valence-electron chi connectivity index (χ3n) is 3.46. The van der Waals surface area contributed by atoms with Crippen LogP contribution in [-0.2, 0) is 23.9 Å². The van der Waals surface area contributed by atoms with Crippen molar-refractivity contribution < 1.29 is 23.9 Å². The molecule has 1 saturated heterocycles. The molecule has 7 heteroatoms. The van der Waals surface area contributed by atoms with Crippen LogP contribution in [-0.4, -0.2) is 74.6 Å². The third kappa shape index (κ3) is 5.34. The molecule has 0 saturated carbocycles. The topological polar surface area (TPSA) is 76.2 Å². The fourth-order valence-electron chi connectivity index (χ4n) is 2.27. The summed E-state index contributed by atoms with van der Waals surface area (Å²) in [5.41, 5.74) is 0. The third-order valence-corrected chi connectivity index (χ3v) is 3.46. The Balaban J connectivity index is 2.41. The molecule has 21 heavy (non-hydrogen) atoms. The van der Waals surface area contributed by atoms with Crippen LogP contribution in [0.2, 0.25) is 0 Å². The van der Waals surface area contributed by atoms with Crippen molar-refractivity contribution in [3.8, 4) is 0 Å². The summed E-state index contributed by atoms with van der Waals surface area (Å²) in [6, 6.07) is 0. The van der Waals surface area contributed by atoms with Gasteiger partial charge in [0.1, 0.15) is 0 Å². The maximum absolute atomic E-state index is 12.2. The second-order valence-electron chi connectivity index (χ2n) is 5.05. The van der Waals surface area contributed by atoms with Crippen LogP contribution in [0.15, 0.2) is 0 Å². The van der Waals surface area contributed by atoms with E-state index in [1.165, 1.54) is 4.90 Å². The predicted octanol–water partition coefficient (Wildman–Crippen LogP) is -0.107. The molecule has 1 aliphatic rings. The van der Waals surface area contributed by atoms with Crippen LogP contribution in [0.4, 0.5) is 0 Å². The largest absolute Gasteiger partial charge is 0.466 e. The minimum Gasteiger partial charge on any atom is -0.466 e. The van der Waals surface area contributed by atoms with E-state index in [4.69, 9.17) is 9.47 Å². The van der Waals surface area contributed by atoms with Crippen LogP contribution < -0.4 is 0 Å². The van der Waals surface area contributed by atoms with Crippen molar-refractivity contribution in [2.45, 2.75) is 19.8 Å². The molecule has 1 fully saturated rings. The molecule has 0 N–H and O–H groups in total. The van der Waals surface area contributed by atoms with Gasteiger partial charge in [-0.1, -0.05) is 0 Å². The molecule has 120 valence electrons. The average molecular weight is 300 g/mol. The Morgan fingerprint density at radius 3 is 2.76 bits per heavy atom. The highest BCUT2D eigenvalue weighted by Crippen LogP contribution is 2.19. The first kappa shape index (κ1) is 17.4. The van der Waals surface area contributed by atoms with Gasteiger partial charge in [-0.2, -0.15) is 0 Å². The molecule has 0 radical (unpaired) electrons. The molecule has 1 aliphatic heterocycles. The highest BCUT2D eigenvalue weighted by Gasteiger charge is 2.35. The fourth-order valence-corrected chi connectivity index (χ4v) is 2.27. The number of nitrogens with zero attached hydrogens (tertiary/aromatic N) is 2. The Morgan fingerprint density at radius 2 is 2.14 bits per heavy atom. The number of methoxy groups -OCH3 is 1. The van der Waals surface area contributed by atoms with Gasteiger partial charge in [0, 0.05) is 40.2 Å². The number of ether oxygens (including phenoxy) is 2. The Labute approximate surface area is 125 Å². The molecule has 0 aliphatic carbocycles. The van der Waals surface area contributed by atoms with Gasteiger partial charge in [0.05, 0.1) is 25.6 Å². The van der Waals surface area contributed by atoms with Gasteiger partial charge in [-0.25, -0.2) is 0 Å². The molecule has 0 aromatic carbocycles. The monoisotopic (exact) mass is 300 g/mol. The normalized spacial score (nSPS) is 18.0. The van der Waals surface area contributed by atoms with E-state index in [1.807, 2.05) is 0 Å². The molecule has 2 amide bonds. The maximum Gasteiger partial charge on any atom is 0.307 e. The first-order valence-corrected chi connectivity index (χ1v) is 7.16. The minimum absolute atomic E-state index is 0.0239. The van der Waals surface area contributed by atoms with Gasteiger partial charge in [0.2, 0.25) is 11.8 Å². The van der Waals surface area contributed by atoms with E-state index in [-0.39, 0.29) is 36.5 Å². The standard InChI is InChI=1S/C14H24N2O5/c1-4-21-13(18)5-6-15(2)14(19)11-9-12(17)16(10-11)7-8-20-3/h11H,4-10H2,1-3H3. The number of esters is 1. The number of hydrogen-bond donors (Lipinski definition) is 0. The van der Waals surface area contributed by atoms with Crippen LogP contribution in [0.25, 0.3) is 0 Å². The first-order chi connectivity index (χ1) is 9.99. The highest BCUT2D eigenvalue weighted by molar-refractivity contribution is 5.89. The van der Waals surface area contributed by atoms with Gasteiger partial charge in [0.15, 0.2) is 0 Å². The number of carbonyl (C=O) groups is 3.